The van der Waals surface area contributed by atoms with Gasteiger partial charge in [0.1, 0.15) is 0 Å². The van der Waals surface area contributed by atoms with E-state index in [0.29, 0.717) is 17.2 Å². The first-order valence-corrected chi connectivity index (χ1v) is 7.80. The minimum absolute atomic E-state index is 0.0229. The van der Waals surface area contributed by atoms with Crippen LogP contribution >= 0.6 is 0 Å². The molecule has 2 aliphatic rings. The van der Waals surface area contributed by atoms with E-state index in [1.165, 1.54) is 0 Å². The number of amides is 1. The molecule has 2 aliphatic carbocycles. The van der Waals surface area contributed by atoms with Crippen LogP contribution in [0.5, 0.6) is 0 Å². The van der Waals surface area contributed by atoms with Crippen LogP contribution in [0.15, 0.2) is 42.5 Å². The van der Waals surface area contributed by atoms with Crippen LogP contribution < -0.4 is 0 Å². The Balaban J connectivity index is 1.74. The third kappa shape index (κ3) is 1.89. The maximum absolute atomic E-state index is 12.7. The minimum Gasteiger partial charge on any atom is -0.336 e. The van der Waals surface area contributed by atoms with Gasteiger partial charge in [0.15, 0.2) is 5.78 Å². The zero-order valence-electron chi connectivity index (χ0n) is 12.5. The summed E-state index contributed by atoms with van der Waals surface area (Å²) in [6, 6.07) is 13.5. The molecule has 110 valence electrons. The van der Waals surface area contributed by atoms with Gasteiger partial charge >= 0.3 is 0 Å². The van der Waals surface area contributed by atoms with Gasteiger partial charge in [-0.05, 0) is 43.0 Å². The van der Waals surface area contributed by atoms with Gasteiger partial charge in [0, 0.05) is 29.3 Å². The van der Waals surface area contributed by atoms with Gasteiger partial charge in [-0.2, -0.15) is 0 Å². The van der Waals surface area contributed by atoms with Gasteiger partial charge in [-0.15, -0.1) is 0 Å². The Labute approximate surface area is 129 Å². The quantitative estimate of drug-likeness (QED) is 0.740. The highest BCUT2D eigenvalue weighted by atomic mass is 16.2. The topological polar surface area (TPSA) is 37.4 Å². The number of rotatable bonds is 3. The summed E-state index contributed by atoms with van der Waals surface area (Å²) >= 11 is 0. The van der Waals surface area contributed by atoms with Crippen molar-refractivity contribution in [2.24, 2.45) is 0 Å². The summed E-state index contributed by atoms with van der Waals surface area (Å²) in [5.74, 6) is 0.0614. The minimum atomic E-state index is 0.0229. The van der Waals surface area contributed by atoms with E-state index in [1.54, 1.807) is 6.07 Å². The average molecular weight is 291 g/mol. The number of carbonyl (C=O) groups is 2. The highest BCUT2D eigenvalue weighted by Crippen LogP contribution is 2.37. The third-order valence-electron chi connectivity index (χ3n) is 4.56. The number of hydrogen-bond acceptors (Lipinski definition) is 2. The fourth-order valence-corrected chi connectivity index (χ4v) is 3.28. The number of nitrogens with zero attached hydrogens (tertiary/aromatic N) is 1. The molecule has 1 fully saturated rings. The molecule has 2 aromatic rings. The van der Waals surface area contributed by atoms with Crippen molar-refractivity contribution in [2.75, 3.05) is 6.54 Å². The summed E-state index contributed by atoms with van der Waals surface area (Å²) in [7, 11) is 0. The Kier molecular flexibility index (Phi) is 2.89. The molecule has 1 amide bonds. The van der Waals surface area contributed by atoms with Crippen molar-refractivity contribution in [2.45, 2.75) is 25.8 Å². The molecule has 0 spiro atoms. The molecule has 0 N–H and O–H groups in total. The van der Waals surface area contributed by atoms with Crippen LogP contribution in [-0.4, -0.2) is 29.2 Å². The van der Waals surface area contributed by atoms with Crippen LogP contribution in [0.1, 0.15) is 46.0 Å². The monoisotopic (exact) mass is 291 g/mol. The second-order valence-corrected chi connectivity index (χ2v) is 5.96. The lowest BCUT2D eigenvalue weighted by Gasteiger charge is -2.20. The Morgan fingerprint density at radius 3 is 2.41 bits per heavy atom. The van der Waals surface area contributed by atoms with Crippen molar-refractivity contribution in [3.8, 4) is 11.1 Å². The molecule has 0 unspecified atom stereocenters. The van der Waals surface area contributed by atoms with Gasteiger partial charge in [0.05, 0.1) is 0 Å². The van der Waals surface area contributed by atoms with E-state index in [2.05, 4.69) is 0 Å². The first kappa shape index (κ1) is 13.3. The predicted molar refractivity (Wildman–Crippen MR) is 85.0 cm³/mol. The summed E-state index contributed by atoms with van der Waals surface area (Å²) in [4.78, 5) is 27.1. The van der Waals surface area contributed by atoms with Crippen molar-refractivity contribution < 1.29 is 9.59 Å². The SMILES string of the molecule is CCN(C(=O)c1ccc2c(c1)C(=O)c1ccccc1-2)C1CC1. The fourth-order valence-electron chi connectivity index (χ4n) is 3.28. The molecule has 0 saturated heterocycles. The highest BCUT2D eigenvalue weighted by Gasteiger charge is 2.33. The van der Waals surface area contributed by atoms with E-state index in [1.807, 2.05) is 48.2 Å². The van der Waals surface area contributed by atoms with Crippen LogP contribution in [0, 0.1) is 0 Å². The number of carbonyl (C=O) groups excluding carboxylic acids is 2. The number of fused-ring (bicyclic) bond motifs is 3. The van der Waals surface area contributed by atoms with E-state index in [9.17, 15) is 9.59 Å². The summed E-state index contributed by atoms with van der Waals surface area (Å²) in [6.45, 7) is 2.72. The molecule has 0 bridgehead atoms. The number of hydrogen-bond donors (Lipinski definition) is 0. The summed E-state index contributed by atoms with van der Waals surface area (Å²) in [6.07, 6.45) is 2.18. The van der Waals surface area contributed by atoms with Crippen molar-refractivity contribution in [1.82, 2.24) is 4.90 Å². The van der Waals surface area contributed by atoms with Crippen LogP contribution in [0.2, 0.25) is 0 Å². The predicted octanol–water partition coefficient (Wildman–Crippen LogP) is 3.52. The molecular formula is C19H17NO2. The normalized spacial score (nSPS) is 15.4. The van der Waals surface area contributed by atoms with Crippen molar-refractivity contribution in [3.05, 3.63) is 59.2 Å². The Morgan fingerprint density at radius 2 is 1.73 bits per heavy atom. The fraction of sp³-hybridized carbons (Fsp3) is 0.263. The highest BCUT2D eigenvalue weighted by molar-refractivity contribution is 6.22. The van der Waals surface area contributed by atoms with E-state index in [4.69, 9.17) is 0 Å². The molecule has 0 aromatic heterocycles. The lowest BCUT2D eigenvalue weighted by molar-refractivity contribution is 0.0752. The lowest BCUT2D eigenvalue weighted by Crippen LogP contribution is -2.32. The average Bonchev–Trinajstić information content (AvgIpc) is 3.35. The van der Waals surface area contributed by atoms with E-state index in [0.717, 1.165) is 36.1 Å². The molecule has 4 rings (SSSR count). The Hall–Kier alpha value is -2.42. The maximum Gasteiger partial charge on any atom is 0.254 e. The molecule has 3 heteroatoms. The smallest absolute Gasteiger partial charge is 0.254 e. The molecular weight excluding hydrogens is 274 g/mol. The van der Waals surface area contributed by atoms with Gasteiger partial charge in [0.2, 0.25) is 0 Å². The van der Waals surface area contributed by atoms with Crippen molar-refractivity contribution >= 4 is 11.7 Å². The van der Waals surface area contributed by atoms with E-state index < -0.39 is 0 Å². The zero-order chi connectivity index (χ0) is 15.3. The molecule has 0 atom stereocenters. The van der Waals surface area contributed by atoms with E-state index in [-0.39, 0.29) is 11.7 Å². The van der Waals surface area contributed by atoms with Crippen LogP contribution in [-0.2, 0) is 0 Å². The zero-order valence-corrected chi connectivity index (χ0v) is 12.5. The van der Waals surface area contributed by atoms with Gasteiger partial charge in [-0.3, -0.25) is 9.59 Å². The number of benzene rings is 2. The van der Waals surface area contributed by atoms with Crippen LogP contribution in [0.3, 0.4) is 0 Å². The van der Waals surface area contributed by atoms with Gasteiger partial charge < -0.3 is 4.90 Å². The summed E-state index contributed by atoms with van der Waals surface area (Å²) < 4.78 is 0. The van der Waals surface area contributed by atoms with Crippen LogP contribution in [0.25, 0.3) is 11.1 Å². The molecule has 0 aliphatic heterocycles. The Morgan fingerprint density at radius 1 is 1.05 bits per heavy atom. The standard InChI is InChI=1S/C19H17NO2/c1-2-20(13-8-9-13)19(22)12-7-10-15-14-5-3-4-6-16(14)18(21)17(15)11-12/h3-7,10-11,13H,2,8-9H2,1H3. The molecule has 0 heterocycles. The van der Waals surface area contributed by atoms with Crippen molar-refractivity contribution in [3.63, 3.8) is 0 Å². The van der Waals surface area contributed by atoms with E-state index >= 15 is 0 Å². The first-order chi connectivity index (χ1) is 10.7. The van der Waals surface area contributed by atoms with Gasteiger partial charge in [-0.25, -0.2) is 0 Å². The first-order valence-electron chi connectivity index (χ1n) is 7.80. The molecule has 0 radical (unpaired) electrons. The largest absolute Gasteiger partial charge is 0.336 e. The third-order valence-corrected chi connectivity index (χ3v) is 4.56. The second-order valence-electron chi connectivity index (χ2n) is 5.96. The summed E-state index contributed by atoms with van der Waals surface area (Å²) in [5.41, 5.74) is 3.91. The summed E-state index contributed by atoms with van der Waals surface area (Å²) in [5, 5.41) is 0. The Bertz CT molecular complexity index is 790. The molecule has 1 saturated carbocycles. The van der Waals surface area contributed by atoms with Crippen molar-refractivity contribution in [1.29, 1.82) is 0 Å². The number of ketones is 1. The lowest BCUT2D eigenvalue weighted by atomic mass is 10.0. The maximum atomic E-state index is 12.7. The van der Waals surface area contributed by atoms with Crippen LogP contribution in [0.4, 0.5) is 0 Å². The van der Waals surface area contributed by atoms with Gasteiger partial charge in [0.25, 0.3) is 5.91 Å². The molecule has 2 aromatic carbocycles. The van der Waals surface area contributed by atoms with Gasteiger partial charge in [-0.1, -0.05) is 30.3 Å². The molecule has 22 heavy (non-hydrogen) atoms. The molecule has 3 nitrogen and oxygen atoms in total. The second kappa shape index (κ2) is 4.80.